The molecule has 0 radical (unpaired) electrons. The molecule has 0 fully saturated rings. The quantitative estimate of drug-likeness (QED) is 0.401. The summed E-state index contributed by atoms with van der Waals surface area (Å²) in [6, 6.07) is 14.9. The number of hydrogen-bond donors (Lipinski definition) is 1. The fourth-order valence-electron chi connectivity index (χ4n) is 2.85. The highest BCUT2D eigenvalue weighted by atomic mass is 127. The first-order valence-electron chi connectivity index (χ1n) is 8.40. The molecule has 25 heavy (non-hydrogen) atoms. The molecule has 0 unspecified atom stereocenters. The monoisotopic (exact) mass is 447 g/mol. The van der Waals surface area contributed by atoms with Crippen LogP contribution >= 0.6 is 22.6 Å². The summed E-state index contributed by atoms with van der Waals surface area (Å²) in [5, 5.41) is 1.04. The smallest absolute Gasteiger partial charge is 0.355 e. The van der Waals surface area contributed by atoms with Gasteiger partial charge in [-0.2, -0.15) is 0 Å². The van der Waals surface area contributed by atoms with Crippen molar-refractivity contribution in [3.8, 4) is 11.1 Å². The molecule has 0 spiro atoms. The van der Waals surface area contributed by atoms with Crippen LogP contribution in [0.15, 0.2) is 42.5 Å². The maximum atomic E-state index is 12.1. The number of halogens is 1. The average molecular weight is 447 g/mol. The number of benzene rings is 2. The van der Waals surface area contributed by atoms with Gasteiger partial charge in [0.15, 0.2) is 0 Å². The molecule has 3 aromatic rings. The standard InChI is InChI=1S/C21H22INO2/c1-5-25-20(24)19-18(22)16-12-14(8-11-17(16)23-19)13-6-9-15(10-7-13)21(2,3)4/h6-12,23H,5H2,1-4H3. The number of hydrogen-bond acceptors (Lipinski definition) is 2. The number of carbonyl (C=O) groups is 1. The van der Waals surface area contributed by atoms with Crippen LogP contribution in [0.1, 0.15) is 43.7 Å². The molecule has 2 aromatic carbocycles. The Morgan fingerprint density at radius 3 is 2.32 bits per heavy atom. The zero-order valence-corrected chi connectivity index (χ0v) is 17.1. The molecule has 4 heteroatoms. The summed E-state index contributed by atoms with van der Waals surface area (Å²) in [7, 11) is 0. The number of aromatic nitrogens is 1. The molecule has 0 bridgehead atoms. The van der Waals surface area contributed by atoms with Crippen LogP contribution < -0.4 is 0 Å². The van der Waals surface area contributed by atoms with Crippen LogP contribution in [0, 0.1) is 3.57 Å². The highest BCUT2D eigenvalue weighted by Gasteiger charge is 2.18. The van der Waals surface area contributed by atoms with E-state index < -0.39 is 0 Å². The second-order valence-electron chi connectivity index (χ2n) is 7.12. The number of nitrogens with one attached hydrogen (secondary N) is 1. The molecule has 1 heterocycles. The number of rotatable bonds is 3. The van der Waals surface area contributed by atoms with Gasteiger partial charge >= 0.3 is 5.97 Å². The maximum absolute atomic E-state index is 12.1. The Balaban J connectivity index is 2.01. The van der Waals surface area contributed by atoms with Crippen LogP contribution in [0.3, 0.4) is 0 Å². The number of aromatic amines is 1. The van der Waals surface area contributed by atoms with Crippen LogP contribution in [-0.2, 0) is 10.2 Å². The molecule has 3 rings (SSSR count). The Hall–Kier alpha value is -1.82. The fraction of sp³-hybridized carbons (Fsp3) is 0.286. The molecule has 0 amide bonds. The van der Waals surface area contributed by atoms with Gasteiger partial charge in [-0.1, -0.05) is 51.1 Å². The van der Waals surface area contributed by atoms with Gasteiger partial charge in [-0.25, -0.2) is 4.79 Å². The molecule has 0 saturated carbocycles. The second-order valence-corrected chi connectivity index (χ2v) is 8.20. The lowest BCUT2D eigenvalue weighted by Crippen LogP contribution is -2.10. The number of carbonyl (C=O) groups excluding carboxylic acids is 1. The van der Waals surface area contributed by atoms with Gasteiger partial charge in [0.1, 0.15) is 5.69 Å². The van der Waals surface area contributed by atoms with Crippen LogP contribution in [0.5, 0.6) is 0 Å². The molecule has 0 aliphatic heterocycles. The molecule has 1 aromatic heterocycles. The molecule has 0 aliphatic carbocycles. The third-order valence-corrected chi connectivity index (χ3v) is 5.42. The lowest BCUT2D eigenvalue weighted by molar-refractivity contribution is 0.0519. The molecular formula is C21H22INO2. The molecular weight excluding hydrogens is 425 g/mol. The molecule has 0 aliphatic rings. The largest absolute Gasteiger partial charge is 0.461 e. The minimum atomic E-state index is -0.306. The predicted octanol–water partition coefficient (Wildman–Crippen LogP) is 5.91. The van der Waals surface area contributed by atoms with E-state index in [9.17, 15) is 4.79 Å². The highest BCUT2D eigenvalue weighted by molar-refractivity contribution is 14.1. The van der Waals surface area contributed by atoms with Crippen molar-refractivity contribution in [2.45, 2.75) is 33.1 Å². The minimum absolute atomic E-state index is 0.146. The van der Waals surface area contributed by atoms with Gasteiger partial charge in [0.05, 0.1) is 10.2 Å². The van der Waals surface area contributed by atoms with E-state index >= 15 is 0 Å². The van der Waals surface area contributed by atoms with E-state index in [0.29, 0.717) is 12.3 Å². The van der Waals surface area contributed by atoms with Crippen molar-refractivity contribution in [3.05, 3.63) is 57.3 Å². The van der Waals surface area contributed by atoms with Crippen molar-refractivity contribution < 1.29 is 9.53 Å². The Bertz CT molecular complexity index is 917. The van der Waals surface area contributed by atoms with Crippen LogP contribution in [0.4, 0.5) is 0 Å². The van der Waals surface area contributed by atoms with E-state index in [4.69, 9.17) is 4.74 Å². The zero-order chi connectivity index (χ0) is 18.2. The maximum Gasteiger partial charge on any atom is 0.355 e. The summed E-state index contributed by atoms with van der Waals surface area (Å²) >= 11 is 2.21. The van der Waals surface area contributed by atoms with Crippen LogP contribution in [0.2, 0.25) is 0 Å². The van der Waals surface area contributed by atoms with Crippen molar-refractivity contribution in [1.29, 1.82) is 0 Å². The van der Waals surface area contributed by atoms with Gasteiger partial charge in [0.2, 0.25) is 0 Å². The van der Waals surface area contributed by atoms with Gasteiger partial charge < -0.3 is 9.72 Å². The first-order chi connectivity index (χ1) is 11.8. The molecule has 0 saturated heterocycles. The molecule has 0 atom stereocenters. The third-order valence-electron chi connectivity index (χ3n) is 4.30. The summed E-state index contributed by atoms with van der Waals surface area (Å²) in [6.07, 6.45) is 0. The van der Waals surface area contributed by atoms with Crippen LogP contribution in [-0.4, -0.2) is 17.6 Å². The van der Waals surface area contributed by atoms with Gasteiger partial charge in [-0.3, -0.25) is 0 Å². The van der Waals surface area contributed by atoms with Crippen LogP contribution in [0.25, 0.3) is 22.0 Å². The second kappa shape index (κ2) is 6.83. The Labute approximate surface area is 161 Å². The van der Waals surface area contributed by atoms with E-state index in [1.165, 1.54) is 11.1 Å². The number of esters is 1. The lowest BCUT2D eigenvalue weighted by Gasteiger charge is -2.19. The number of fused-ring (bicyclic) bond motifs is 1. The summed E-state index contributed by atoms with van der Waals surface area (Å²) in [5.41, 5.74) is 5.25. The van der Waals surface area contributed by atoms with E-state index in [1.54, 1.807) is 0 Å². The molecule has 3 nitrogen and oxygen atoms in total. The van der Waals surface area contributed by atoms with Crippen molar-refractivity contribution in [2.75, 3.05) is 6.61 Å². The normalized spacial score (nSPS) is 11.7. The third kappa shape index (κ3) is 3.59. The van der Waals surface area contributed by atoms with Gasteiger partial charge in [0, 0.05) is 10.9 Å². The van der Waals surface area contributed by atoms with E-state index in [1.807, 2.05) is 13.0 Å². The topological polar surface area (TPSA) is 42.1 Å². The Morgan fingerprint density at radius 2 is 1.72 bits per heavy atom. The summed E-state index contributed by atoms with van der Waals surface area (Å²) in [6.45, 7) is 8.83. The van der Waals surface area contributed by atoms with Crippen molar-refractivity contribution in [2.24, 2.45) is 0 Å². The number of ether oxygens (including phenoxy) is 1. The average Bonchev–Trinajstić information content (AvgIpc) is 2.91. The van der Waals surface area contributed by atoms with Gasteiger partial charge in [-0.05, 0) is 63.8 Å². The summed E-state index contributed by atoms with van der Waals surface area (Å²) < 4.78 is 6.03. The Kier molecular flexibility index (Phi) is 4.91. The predicted molar refractivity (Wildman–Crippen MR) is 111 cm³/mol. The van der Waals surface area contributed by atoms with E-state index in [-0.39, 0.29) is 11.4 Å². The highest BCUT2D eigenvalue weighted by Crippen LogP contribution is 2.31. The van der Waals surface area contributed by atoms with Crippen molar-refractivity contribution in [1.82, 2.24) is 4.98 Å². The van der Waals surface area contributed by atoms with Gasteiger partial charge in [0.25, 0.3) is 0 Å². The minimum Gasteiger partial charge on any atom is -0.461 e. The van der Waals surface area contributed by atoms with E-state index in [2.05, 4.69) is 84.7 Å². The first-order valence-corrected chi connectivity index (χ1v) is 9.48. The van der Waals surface area contributed by atoms with E-state index in [0.717, 1.165) is 20.0 Å². The SMILES string of the molecule is CCOC(=O)c1[nH]c2ccc(-c3ccc(C(C)(C)C)cc3)cc2c1I. The summed E-state index contributed by atoms with van der Waals surface area (Å²) in [5.74, 6) is -0.306. The Morgan fingerprint density at radius 1 is 1.08 bits per heavy atom. The fourth-order valence-corrected chi connectivity index (χ4v) is 3.65. The van der Waals surface area contributed by atoms with Crippen molar-refractivity contribution in [3.63, 3.8) is 0 Å². The zero-order valence-electron chi connectivity index (χ0n) is 14.9. The first kappa shape index (κ1) is 18.0. The lowest BCUT2D eigenvalue weighted by atomic mass is 9.86. The number of H-pyrrole nitrogens is 1. The summed E-state index contributed by atoms with van der Waals surface area (Å²) in [4.78, 5) is 15.2. The molecule has 130 valence electrons. The van der Waals surface area contributed by atoms with Gasteiger partial charge in [-0.15, -0.1) is 0 Å². The van der Waals surface area contributed by atoms with Crippen molar-refractivity contribution >= 4 is 39.5 Å². The molecule has 1 N–H and O–H groups in total.